The lowest BCUT2D eigenvalue weighted by Gasteiger charge is -2.20. The molecule has 0 aliphatic rings. The Morgan fingerprint density at radius 1 is 0.920 bits per heavy atom. The van der Waals surface area contributed by atoms with Gasteiger partial charge in [0.25, 0.3) is 5.82 Å². The normalized spacial score (nSPS) is 12.6. The zero-order chi connectivity index (χ0) is 19.9. The molecule has 0 atom stereocenters. The summed E-state index contributed by atoms with van der Waals surface area (Å²) in [5, 5.41) is 0. The van der Waals surface area contributed by atoms with Crippen LogP contribution in [0.2, 0.25) is 0 Å². The third-order valence-corrected chi connectivity index (χ3v) is 4.88. The van der Waals surface area contributed by atoms with Gasteiger partial charge < -0.3 is 0 Å². The maximum Gasteiger partial charge on any atom is 0.258 e. The van der Waals surface area contributed by atoms with Gasteiger partial charge in [0, 0.05) is 18.1 Å². The van der Waals surface area contributed by atoms with E-state index in [4.69, 9.17) is 2.74 Å². The molecule has 0 amide bonds. The summed E-state index contributed by atoms with van der Waals surface area (Å²) in [6, 6.07) is 15.0. The van der Waals surface area contributed by atoms with Crippen LogP contribution in [0.4, 0.5) is 0 Å². The van der Waals surface area contributed by atoms with Gasteiger partial charge in [0.1, 0.15) is 20.8 Å². The van der Waals surface area contributed by atoms with E-state index in [-0.39, 0.29) is 12.3 Å². The predicted molar refractivity (Wildman–Crippen MR) is 105 cm³/mol. The Bertz CT molecular complexity index is 915. The summed E-state index contributed by atoms with van der Waals surface area (Å²) in [6.07, 6.45) is 0.482. The van der Waals surface area contributed by atoms with E-state index in [0.29, 0.717) is 11.8 Å². The van der Waals surface area contributed by atoms with Crippen LogP contribution in [0, 0.1) is 6.92 Å². The topological polar surface area (TPSA) is 8.81 Å². The number of aromatic nitrogens is 2. The Balaban J connectivity index is 2.39. The van der Waals surface area contributed by atoms with Gasteiger partial charge >= 0.3 is 0 Å². The molecule has 3 aromatic rings. The van der Waals surface area contributed by atoms with Crippen LogP contribution in [0.5, 0.6) is 0 Å². The molecule has 3 rings (SSSR count). The second-order valence-electron chi connectivity index (χ2n) is 7.34. The number of benzene rings is 2. The molecule has 0 bridgehead atoms. The first-order chi connectivity index (χ1) is 12.7. The summed E-state index contributed by atoms with van der Waals surface area (Å²) in [4.78, 5) is 0. The Morgan fingerprint density at radius 2 is 1.48 bits per heavy atom. The first-order valence-corrected chi connectivity index (χ1v) is 9.02. The monoisotopic (exact) mass is 335 g/mol. The summed E-state index contributed by atoms with van der Waals surface area (Å²) in [7, 11) is 1.86. The van der Waals surface area contributed by atoms with Crippen LogP contribution < -0.4 is 4.57 Å². The maximum atomic E-state index is 8.54. The molecule has 0 N–H and O–H groups in total. The largest absolute Gasteiger partial charge is 0.258 e. The van der Waals surface area contributed by atoms with Gasteiger partial charge in [-0.2, -0.15) is 4.57 Å². The summed E-state index contributed by atoms with van der Waals surface area (Å²) in [6.45, 7) is 10.8. The second kappa shape index (κ2) is 6.87. The SMILES string of the molecule is [2H]c1c([2H])[n+](C)c(C)n1-c1c(C(C)C)cc(-c2ccccc2)cc1C(C)C. The number of imidazole rings is 1. The van der Waals surface area contributed by atoms with E-state index >= 15 is 0 Å². The van der Waals surface area contributed by atoms with Crippen molar-refractivity contribution in [3.05, 3.63) is 71.8 Å². The first kappa shape index (κ1) is 14.9. The van der Waals surface area contributed by atoms with E-state index in [1.165, 1.54) is 22.3 Å². The number of rotatable bonds is 4. The quantitative estimate of drug-likeness (QED) is 0.555. The summed E-state index contributed by atoms with van der Waals surface area (Å²) in [5.74, 6) is 1.52. The highest BCUT2D eigenvalue weighted by atomic mass is 15.1. The van der Waals surface area contributed by atoms with Gasteiger partial charge in [-0.1, -0.05) is 58.0 Å². The molecule has 0 saturated carbocycles. The van der Waals surface area contributed by atoms with Crippen molar-refractivity contribution in [2.45, 2.75) is 46.5 Å². The Morgan fingerprint density at radius 3 is 1.92 bits per heavy atom. The van der Waals surface area contributed by atoms with Crippen molar-refractivity contribution in [1.82, 2.24) is 4.57 Å². The second-order valence-corrected chi connectivity index (χ2v) is 7.34. The van der Waals surface area contributed by atoms with E-state index in [1.54, 1.807) is 4.57 Å². The molecule has 1 heterocycles. The molecule has 0 unspecified atom stereocenters. The van der Waals surface area contributed by atoms with Crippen LogP contribution in [-0.4, -0.2) is 4.57 Å². The van der Waals surface area contributed by atoms with Crippen molar-refractivity contribution in [3.63, 3.8) is 0 Å². The van der Waals surface area contributed by atoms with Crippen molar-refractivity contribution in [3.8, 4) is 16.8 Å². The number of hydrogen-bond donors (Lipinski definition) is 0. The maximum absolute atomic E-state index is 8.54. The van der Waals surface area contributed by atoms with E-state index in [0.717, 1.165) is 11.5 Å². The zero-order valence-corrected chi connectivity index (χ0v) is 16.1. The average Bonchev–Trinajstić information content (AvgIpc) is 2.84. The fourth-order valence-corrected chi connectivity index (χ4v) is 3.27. The minimum atomic E-state index is 0.240. The molecule has 0 radical (unpaired) electrons. The summed E-state index contributed by atoms with van der Waals surface area (Å²) in [5.41, 5.74) is 5.91. The molecule has 25 heavy (non-hydrogen) atoms. The van der Waals surface area contributed by atoms with Gasteiger partial charge in [0.15, 0.2) is 0 Å². The molecule has 0 saturated heterocycles. The molecule has 0 spiro atoms. The van der Waals surface area contributed by atoms with Crippen LogP contribution in [0.3, 0.4) is 0 Å². The number of nitrogens with zero attached hydrogens (tertiary/aromatic N) is 2. The minimum absolute atomic E-state index is 0.240. The van der Waals surface area contributed by atoms with Crippen molar-refractivity contribution < 1.29 is 7.31 Å². The van der Waals surface area contributed by atoms with E-state index in [2.05, 4.69) is 64.1 Å². The Hall–Kier alpha value is -2.35. The molecule has 2 heteroatoms. The predicted octanol–water partition coefficient (Wildman–Crippen LogP) is 5.52. The summed E-state index contributed by atoms with van der Waals surface area (Å²) >= 11 is 0. The standard InChI is InChI=1S/C23H29N2/c1-16(2)21-14-20(19-10-8-7-9-11-19)15-22(17(3)4)23(21)25-13-12-24(6)18(25)5/h7-17H,1-6H3/q+1/i12D,13D. The third kappa shape index (κ3) is 3.26. The molecule has 2 aromatic carbocycles. The third-order valence-electron chi connectivity index (χ3n) is 4.88. The van der Waals surface area contributed by atoms with Gasteiger partial charge in [-0.05, 0) is 35.1 Å². The van der Waals surface area contributed by atoms with Crippen LogP contribution >= 0.6 is 0 Å². The van der Waals surface area contributed by atoms with Crippen molar-refractivity contribution in [2.75, 3.05) is 0 Å². The first-order valence-electron chi connectivity index (χ1n) is 10.0. The fraction of sp³-hybridized carbons (Fsp3) is 0.348. The molecule has 130 valence electrons. The number of hydrogen-bond acceptors (Lipinski definition) is 0. The van der Waals surface area contributed by atoms with E-state index in [1.807, 2.05) is 24.6 Å². The molecule has 2 nitrogen and oxygen atoms in total. The molecular formula is C23H29N2+. The molecule has 0 aliphatic heterocycles. The Labute approximate surface area is 154 Å². The van der Waals surface area contributed by atoms with Crippen LogP contribution in [-0.2, 0) is 7.05 Å². The van der Waals surface area contributed by atoms with Gasteiger partial charge in [-0.3, -0.25) is 0 Å². The highest BCUT2D eigenvalue weighted by Crippen LogP contribution is 2.36. The molecule has 0 aliphatic carbocycles. The average molecular weight is 336 g/mol. The van der Waals surface area contributed by atoms with Crippen LogP contribution in [0.15, 0.2) is 54.8 Å². The van der Waals surface area contributed by atoms with Gasteiger partial charge in [-0.15, -0.1) is 0 Å². The van der Waals surface area contributed by atoms with E-state index < -0.39 is 0 Å². The highest BCUT2D eigenvalue weighted by Gasteiger charge is 2.24. The van der Waals surface area contributed by atoms with Crippen LogP contribution in [0.1, 0.15) is 59.2 Å². The lowest BCUT2D eigenvalue weighted by Crippen LogP contribution is -2.29. The van der Waals surface area contributed by atoms with E-state index in [9.17, 15) is 0 Å². The summed E-state index contributed by atoms with van der Waals surface area (Å²) < 4.78 is 20.5. The minimum Gasteiger partial charge on any atom is -0.237 e. The van der Waals surface area contributed by atoms with Crippen molar-refractivity contribution in [1.29, 1.82) is 0 Å². The van der Waals surface area contributed by atoms with Gasteiger partial charge in [0.05, 0.1) is 7.05 Å². The Kier molecular flexibility index (Phi) is 4.11. The highest BCUT2D eigenvalue weighted by molar-refractivity contribution is 5.69. The van der Waals surface area contributed by atoms with Crippen molar-refractivity contribution in [2.24, 2.45) is 7.05 Å². The van der Waals surface area contributed by atoms with Crippen molar-refractivity contribution >= 4 is 0 Å². The smallest absolute Gasteiger partial charge is 0.237 e. The van der Waals surface area contributed by atoms with Gasteiger partial charge in [-0.25, -0.2) is 4.57 Å². The fourth-order valence-electron chi connectivity index (χ4n) is 3.27. The lowest BCUT2D eigenvalue weighted by atomic mass is 9.88. The lowest BCUT2D eigenvalue weighted by molar-refractivity contribution is -0.677. The van der Waals surface area contributed by atoms with Gasteiger partial charge in [0.2, 0.25) is 0 Å². The zero-order valence-electron chi connectivity index (χ0n) is 18.1. The molecule has 0 fully saturated rings. The van der Waals surface area contributed by atoms with Crippen LogP contribution in [0.25, 0.3) is 16.8 Å². The molecule has 1 aromatic heterocycles. The molecular weight excluding hydrogens is 304 g/mol.